The van der Waals surface area contributed by atoms with E-state index in [-0.39, 0.29) is 0 Å². The van der Waals surface area contributed by atoms with Crippen molar-refractivity contribution in [2.24, 2.45) is 0 Å². The molecule has 0 aromatic rings. The Labute approximate surface area is 70.2 Å². The van der Waals surface area contributed by atoms with Gasteiger partial charge in [-0.1, -0.05) is 24.3 Å². The van der Waals surface area contributed by atoms with Crippen LogP contribution in [-0.4, -0.2) is 11.3 Å². The van der Waals surface area contributed by atoms with Crippen molar-refractivity contribution in [3.05, 3.63) is 42.1 Å². The van der Waals surface area contributed by atoms with E-state index in [4.69, 9.17) is 0 Å². The summed E-state index contributed by atoms with van der Waals surface area (Å²) in [5.41, 5.74) is 2.36. The lowest BCUT2D eigenvalue weighted by molar-refractivity contribution is 0.111. The van der Waals surface area contributed by atoms with E-state index in [9.17, 15) is 4.79 Å². The number of hydrogen-bond donors (Lipinski definition) is 0. The van der Waals surface area contributed by atoms with Crippen LogP contribution < -0.4 is 0 Å². The highest BCUT2D eigenvalue weighted by Gasteiger charge is 2.04. The summed E-state index contributed by atoms with van der Waals surface area (Å²) < 4.78 is 0. The van der Waals surface area contributed by atoms with Gasteiger partial charge in [0.05, 0.1) is 5.69 Å². The lowest BCUT2D eigenvalue weighted by atomic mass is 10.2. The summed E-state index contributed by atoms with van der Waals surface area (Å²) in [5, 5.41) is 0. The number of carbonyl (C=O) groups excluding carboxylic acids is 1. The van der Waals surface area contributed by atoms with Crippen molar-refractivity contribution in [2.45, 2.75) is 0 Å². The molecule has 0 aromatic heterocycles. The van der Waals surface area contributed by atoms with Crippen LogP contribution in [0.1, 0.15) is 10.5 Å². The average molecular weight is 157 g/mol. The van der Waals surface area contributed by atoms with Crippen molar-refractivity contribution in [3.63, 3.8) is 0 Å². The summed E-state index contributed by atoms with van der Waals surface area (Å²) in [7, 11) is 0. The topological polar surface area (TPSA) is 30.0 Å². The fourth-order valence-electron chi connectivity index (χ4n) is 1.17. The highest BCUT2D eigenvalue weighted by Crippen LogP contribution is 2.19. The lowest BCUT2D eigenvalue weighted by Gasteiger charge is -1.83. The largest absolute Gasteiger partial charge is 0.296 e. The van der Waals surface area contributed by atoms with Gasteiger partial charge in [-0.25, -0.2) is 4.98 Å². The average Bonchev–Trinajstić information content (AvgIpc) is 2.37. The molecule has 0 bridgehead atoms. The molecule has 2 heteroatoms. The molecule has 0 N–H and O–H groups in total. The van der Waals surface area contributed by atoms with Crippen LogP contribution in [0.3, 0.4) is 0 Å². The molecule has 58 valence electrons. The summed E-state index contributed by atoms with van der Waals surface area (Å²) in [6.07, 6.45) is 0.764. The maximum Gasteiger partial charge on any atom is 0.168 e. The Morgan fingerprint density at radius 2 is 2.00 bits per heavy atom. The minimum atomic E-state index is 0.496. The quantitative estimate of drug-likeness (QED) is 0.592. The van der Waals surface area contributed by atoms with Gasteiger partial charge in [-0.2, -0.15) is 0 Å². The molecule has 1 heterocycles. The second kappa shape index (κ2) is 2.74. The minimum absolute atomic E-state index is 0.496. The Bertz CT molecular complexity index is 353. The molecule has 2 nitrogen and oxygen atoms in total. The molecule has 1 aliphatic carbocycles. The Morgan fingerprint density at radius 1 is 1.17 bits per heavy atom. The standard InChI is InChI=1S/C10H7NO/c12-7-9-6-8-4-2-1-3-5-10(8)11-9/h1-7H. The third kappa shape index (κ3) is 1.07. The zero-order valence-corrected chi connectivity index (χ0v) is 6.40. The smallest absolute Gasteiger partial charge is 0.168 e. The SMILES string of the molecule is O=Cc1cc2cccccc-2n1. The molecular weight excluding hydrogens is 150 g/mol. The van der Waals surface area contributed by atoms with Crippen LogP contribution in [0.25, 0.3) is 11.3 Å². The van der Waals surface area contributed by atoms with E-state index in [1.807, 2.05) is 30.3 Å². The van der Waals surface area contributed by atoms with Gasteiger partial charge in [-0.15, -0.1) is 0 Å². The normalized spacial score (nSPS) is 10.0. The van der Waals surface area contributed by atoms with Crippen molar-refractivity contribution in [3.8, 4) is 11.3 Å². The van der Waals surface area contributed by atoms with E-state index < -0.39 is 0 Å². The number of hydrogen-bond acceptors (Lipinski definition) is 2. The third-order valence-electron chi connectivity index (χ3n) is 1.72. The van der Waals surface area contributed by atoms with Crippen molar-refractivity contribution >= 4 is 6.29 Å². The molecular formula is C10H7NO. The number of nitrogens with zero attached hydrogens (tertiary/aromatic N) is 1. The summed E-state index contributed by atoms with van der Waals surface area (Å²) in [6, 6.07) is 11.4. The molecule has 0 radical (unpaired) electrons. The number of aromatic nitrogens is 1. The number of rotatable bonds is 1. The minimum Gasteiger partial charge on any atom is -0.296 e. The van der Waals surface area contributed by atoms with Crippen LogP contribution in [0.5, 0.6) is 0 Å². The highest BCUT2D eigenvalue weighted by molar-refractivity contribution is 5.78. The second-order valence-corrected chi connectivity index (χ2v) is 2.55. The molecule has 0 amide bonds. The van der Waals surface area contributed by atoms with Crippen molar-refractivity contribution in [2.75, 3.05) is 0 Å². The van der Waals surface area contributed by atoms with Gasteiger partial charge in [0, 0.05) is 5.56 Å². The first-order valence-electron chi connectivity index (χ1n) is 3.71. The predicted molar refractivity (Wildman–Crippen MR) is 46.2 cm³/mol. The van der Waals surface area contributed by atoms with E-state index >= 15 is 0 Å². The van der Waals surface area contributed by atoms with Gasteiger partial charge in [0.15, 0.2) is 6.29 Å². The Hall–Kier alpha value is -1.70. The van der Waals surface area contributed by atoms with Crippen molar-refractivity contribution < 1.29 is 4.79 Å². The van der Waals surface area contributed by atoms with Gasteiger partial charge in [0.1, 0.15) is 5.69 Å². The highest BCUT2D eigenvalue weighted by atomic mass is 16.1. The maximum absolute atomic E-state index is 10.4. The zero-order chi connectivity index (χ0) is 8.39. The summed E-state index contributed by atoms with van der Waals surface area (Å²) in [6.45, 7) is 0. The monoisotopic (exact) mass is 157 g/mol. The number of carbonyl (C=O) groups is 1. The molecule has 0 aromatic carbocycles. The van der Waals surface area contributed by atoms with E-state index in [0.717, 1.165) is 17.5 Å². The van der Waals surface area contributed by atoms with E-state index in [0.29, 0.717) is 5.69 Å². The Kier molecular flexibility index (Phi) is 1.59. The van der Waals surface area contributed by atoms with Gasteiger partial charge in [-0.05, 0) is 12.1 Å². The van der Waals surface area contributed by atoms with Gasteiger partial charge < -0.3 is 0 Å². The van der Waals surface area contributed by atoms with Gasteiger partial charge >= 0.3 is 0 Å². The maximum atomic E-state index is 10.4. The lowest BCUT2D eigenvalue weighted by Crippen LogP contribution is -1.74. The summed E-state index contributed by atoms with van der Waals surface area (Å²) >= 11 is 0. The fraction of sp³-hybridized carbons (Fsp3) is 0. The van der Waals surface area contributed by atoms with Crippen molar-refractivity contribution in [1.82, 2.24) is 4.98 Å². The van der Waals surface area contributed by atoms with E-state index in [1.54, 1.807) is 6.07 Å². The second-order valence-electron chi connectivity index (χ2n) is 2.55. The van der Waals surface area contributed by atoms with Crippen LogP contribution >= 0.6 is 0 Å². The van der Waals surface area contributed by atoms with E-state index in [2.05, 4.69) is 4.98 Å². The first kappa shape index (κ1) is 6.98. The molecule has 0 spiro atoms. The summed E-state index contributed by atoms with van der Waals surface area (Å²) in [4.78, 5) is 14.5. The third-order valence-corrected chi connectivity index (χ3v) is 1.72. The molecule has 2 aliphatic rings. The number of aldehydes is 1. The van der Waals surface area contributed by atoms with Gasteiger partial charge in [0.25, 0.3) is 0 Å². The first-order valence-corrected chi connectivity index (χ1v) is 3.71. The molecule has 2 rings (SSSR count). The Balaban J connectivity index is 2.68. The van der Waals surface area contributed by atoms with Crippen molar-refractivity contribution in [1.29, 1.82) is 0 Å². The van der Waals surface area contributed by atoms with Gasteiger partial charge in [-0.3, -0.25) is 4.79 Å². The van der Waals surface area contributed by atoms with Crippen LogP contribution in [0.15, 0.2) is 36.4 Å². The first-order chi connectivity index (χ1) is 5.90. The molecule has 0 saturated heterocycles. The molecule has 0 saturated carbocycles. The molecule has 0 atom stereocenters. The van der Waals surface area contributed by atoms with Crippen LogP contribution in [0.4, 0.5) is 0 Å². The Morgan fingerprint density at radius 3 is 2.83 bits per heavy atom. The number of fused-ring (bicyclic) bond motifs is 1. The molecule has 12 heavy (non-hydrogen) atoms. The van der Waals surface area contributed by atoms with E-state index in [1.165, 1.54) is 0 Å². The van der Waals surface area contributed by atoms with Crippen LogP contribution in [-0.2, 0) is 0 Å². The predicted octanol–water partition coefficient (Wildman–Crippen LogP) is 2.00. The molecule has 1 aliphatic heterocycles. The van der Waals surface area contributed by atoms with Crippen LogP contribution in [0.2, 0.25) is 0 Å². The van der Waals surface area contributed by atoms with Gasteiger partial charge in [0.2, 0.25) is 0 Å². The molecule has 0 fully saturated rings. The zero-order valence-electron chi connectivity index (χ0n) is 6.40. The summed E-state index contributed by atoms with van der Waals surface area (Å²) in [5.74, 6) is 0. The fourth-order valence-corrected chi connectivity index (χ4v) is 1.17. The van der Waals surface area contributed by atoms with Crippen LogP contribution in [0, 0.1) is 0 Å². The molecule has 0 unspecified atom stereocenters.